The summed E-state index contributed by atoms with van der Waals surface area (Å²) in [4.78, 5) is 61.0. The first-order valence-electron chi connectivity index (χ1n) is 9.77. The first-order chi connectivity index (χ1) is 14.9. The fourth-order valence-electron chi connectivity index (χ4n) is 3.47. The van der Waals surface area contributed by atoms with Crippen molar-refractivity contribution in [2.45, 2.75) is 37.8 Å². The van der Waals surface area contributed by atoms with Crippen LogP contribution in [0.1, 0.15) is 47.5 Å². The summed E-state index contributed by atoms with van der Waals surface area (Å²) in [6, 6.07) is 3.94. The molecular formula is C20H23F3N4O5. The van der Waals surface area contributed by atoms with E-state index in [0.717, 1.165) is 0 Å². The van der Waals surface area contributed by atoms with Gasteiger partial charge in [0.25, 0.3) is 11.8 Å². The Morgan fingerprint density at radius 1 is 1.25 bits per heavy atom. The highest BCUT2D eigenvalue weighted by Crippen LogP contribution is 2.35. The van der Waals surface area contributed by atoms with Crippen molar-refractivity contribution in [1.82, 2.24) is 10.6 Å². The minimum absolute atomic E-state index is 0.00922. The van der Waals surface area contributed by atoms with Crippen LogP contribution >= 0.6 is 0 Å². The first kappa shape index (κ1) is 24.8. The number of rotatable bonds is 9. The molecule has 4 amide bonds. The van der Waals surface area contributed by atoms with E-state index in [-0.39, 0.29) is 29.1 Å². The van der Waals surface area contributed by atoms with Gasteiger partial charge in [-0.15, -0.1) is 0 Å². The number of hydrogen-bond acceptors (Lipinski definition) is 5. The number of amides is 4. The van der Waals surface area contributed by atoms with Gasteiger partial charge in [-0.3, -0.25) is 24.0 Å². The molecule has 2 atom stereocenters. The van der Waals surface area contributed by atoms with E-state index >= 15 is 0 Å². The van der Waals surface area contributed by atoms with Gasteiger partial charge in [-0.1, -0.05) is 12.1 Å². The molecule has 1 fully saturated rings. The van der Waals surface area contributed by atoms with Gasteiger partial charge in [0.05, 0.1) is 23.6 Å². The van der Waals surface area contributed by atoms with E-state index in [2.05, 4.69) is 16.0 Å². The second-order valence-electron chi connectivity index (χ2n) is 7.31. The number of carbonyl (C=O) groups excluding carboxylic acids is 5. The molecular weight excluding hydrogens is 433 g/mol. The minimum Gasteiger partial charge on any atom is -0.366 e. The number of carbonyl (C=O) groups is 5. The number of primary amides is 1. The van der Waals surface area contributed by atoms with Crippen molar-refractivity contribution in [2.24, 2.45) is 11.7 Å². The van der Waals surface area contributed by atoms with Crippen molar-refractivity contribution in [3.05, 3.63) is 29.3 Å². The number of benzene rings is 1. The Kier molecular flexibility index (Phi) is 7.95. The predicted octanol–water partition coefficient (Wildman–Crippen LogP) is 0.991. The predicted molar refractivity (Wildman–Crippen MR) is 106 cm³/mol. The van der Waals surface area contributed by atoms with Crippen LogP contribution in [0.4, 0.5) is 18.9 Å². The zero-order valence-electron chi connectivity index (χ0n) is 17.2. The van der Waals surface area contributed by atoms with E-state index < -0.39 is 54.4 Å². The molecule has 0 aromatic heterocycles. The van der Waals surface area contributed by atoms with Crippen molar-refractivity contribution < 1.29 is 37.1 Å². The number of Topliss-reactive ketones (excluding diaryl/α,β-unsaturated/α-hetero) is 1. The lowest BCUT2D eigenvalue weighted by Gasteiger charge is -2.23. The average Bonchev–Trinajstić information content (AvgIpc) is 3.13. The fraction of sp³-hybridized carbons (Fsp3) is 0.450. The molecule has 0 bridgehead atoms. The second-order valence-corrected chi connectivity index (χ2v) is 7.31. The molecule has 12 heteroatoms. The van der Waals surface area contributed by atoms with Gasteiger partial charge in [0.1, 0.15) is 0 Å². The molecule has 0 aliphatic carbocycles. The van der Waals surface area contributed by atoms with Crippen LogP contribution in [0.15, 0.2) is 18.2 Å². The Hall–Kier alpha value is -3.44. The quantitative estimate of drug-likeness (QED) is 0.409. The smallest absolute Gasteiger partial charge is 0.366 e. The fourth-order valence-corrected chi connectivity index (χ4v) is 3.47. The maximum atomic E-state index is 12.8. The van der Waals surface area contributed by atoms with Gasteiger partial charge >= 0.3 is 6.18 Å². The molecule has 1 aliphatic rings. The molecule has 1 aliphatic heterocycles. The summed E-state index contributed by atoms with van der Waals surface area (Å²) in [5.41, 5.74) is 4.86. The van der Waals surface area contributed by atoms with E-state index in [1.54, 1.807) is 0 Å². The van der Waals surface area contributed by atoms with Crippen molar-refractivity contribution in [3.8, 4) is 0 Å². The Labute approximate surface area is 181 Å². The normalized spacial score (nSPS) is 16.8. The lowest BCUT2D eigenvalue weighted by atomic mass is 9.83. The van der Waals surface area contributed by atoms with Crippen molar-refractivity contribution in [3.63, 3.8) is 0 Å². The van der Waals surface area contributed by atoms with E-state index in [1.807, 2.05) is 0 Å². The number of alkyl halides is 3. The molecule has 174 valence electrons. The molecule has 0 saturated carbocycles. The summed E-state index contributed by atoms with van der Waals surface area (Å²) >= 11 is 0. The molecule has 0 unspecified atom stereocenters. The highest BCUT2D eigenvalue weighted by atomic mass is 19.4. The zero-order valence-corrected chi connectivity index (χ0v) is 17.2. The lowest BCUT2D eigenvalue weighted by molar-refractivity contribution is -0.142. The SMILES string of the molecule is CNC(=O)C(=O)[C@@H](C[C@H]1CCNC1=O)c1cccc(C(N)=O)c1NC(=O)CCC(F)(F)F. The minimum atomic E-state index is -4.57. The number of hydrogen-bond donors (Lipinski definition) is 4. The third-order valence-electron chi connectivity index (χ3n) is 5.09. The summed E-state index contributed by atoms with van der Waals surface area (Å²) < 4.78 is 37.5. The first-order valence-corrected chi connectivity index (χ1v) is 9.77. The maximum absolute atomic E-state index is 12.8. The van der Waals surface area contributed by atoms with Crippen LogP contribution in [0.2, 0.25) is 0 Å². The van der Waals surface area contributed by atoms with Crippen LogP contribution in [0.3, 0.4) is 0 Å². The van der Waals surface area contributed by atoms with Gasteiger partial charge in [-0.05, 0) is 24.5 Å². The van der Waals surface area contributed by atoms with Gasteiger partial charge in [0, 0.05) is 25.9 Å². The van der Waals surface area contributed by atoms with Crippen LogP contribution in [0.25, 0.3) is 0 Å². The molecule has 9 nitrogen and oxygen atoms in total. The number of anilines is 1. The van der Waals surface area contributed by atoms with Gasteiger partial charge in [-0.25, -0.2) is 0 Å². The number of nitrogens with one attached hydrogen (secondary N) is 3. The molecule has 1 aromatic rings. The highest BCUT2D eigenvalue weighted by molar-refractivity contribution is 6.38. The summed E-state index contributed by atoms with van der Waals surface area (Å²) in [6.45, 7) is 0.382. The molecule has 1 saturated heterocycles. The van der Waals surface area contributed by atoms with Gasteiger partial charge in [0.15, 0.2) is 0 Å². The van der Waals surface area contributed by atoms with E-state index in [1.165, 1.54) is 25.2 Å². The van der Waals surface area contributed by atoms with Crippen LogP contribution in [-0.2, 0) is 19.2 Å². The Morgan fingerprint density at radius 3 is 2.47 bits per heavy atom. The number of likely N-dealkylation sites (N-methyl/N-ethyl adjacent to an activating group) is 1. The highest BCUT2D eigenvalue weighted by Gasteiger charge is 2.36. The molecule has 32 heavy (non-hydrogen) atoms. The second kappa shape index (κ2) is 10.2. The molecule has 1 heterocycles. The van der Waals surface area contributed by atoms with Gasteiger partial charge in [0.2, 0.25) is 17.6 Å². The summed E-state index contributed by atoms with van der Waals surface area (Å²) in [7, 11) is 1.24. The molecule has 0 spiro atoms. The molecule has 2 rings (SSSR count). The lowest BCUT2D eigenvalue weighted by Crippen LogP contribution is -2.34. The van der Waals surface area contributed by atoms with E-state index in [9.17, 15) is 37.1 Å². The number of ketones is 1. The number of halogens is 3. The molecule has 0 radical (unpaired) electrons. The van der Waals surface area contributed by atoms with Crippen molar-refractivity contribution in [1.29, 1.82) is 0 Å². The van der Waals surface area contributed by atoms with Crippen LogP contribution in [0, 0.1) is 5.92 Å². The standard InChI is InChI=1S/C20H23F3N4O5/c1-25-19(32)16(29)13(9-10-6-8-26-18(10)31)11-3-2-4-12(17(24)30)15(11)27-14(28)5-7-20(21,22)23/h2-4,10,13H,5-9H2,1H3,(H2,24,30)(H,25,32)(H,26,31)(H,27,28)/t10-,13+/m1/s1. The maximum Gasteiger partial charge on any atom is 0.389 e. The van der Waals surface area contributed by atoms with Crippen molar-refractivity contribution in [2.75, 3.05) is 18.9 Å². The van der Waals surface area contributed by atoms with Crippen LogP contribution in [0.5, 0.6) is 0 Å². The summed E-state index contributed by atoms with van der Waals surface area (Å²) in [5, 5.41) is 7.04. The topological polar surface area (TPSA) is 147 Å². The monoisotopic (exact) mass is 456 g/mol. The van der Waals surface area contributed by atoms with E-state index in [0.29, 0.717) is 13.0 Å². The Balaban J connectivity index is 2.49. The summed E-state index contributed by atoms with van der Waals surface area (Å²) in [6.07, 6.45) is -6.59. The van der Waals surface area contributed by atoms with E-state index in [4.69, 9.17) is 5.73 Å². The Bertz CT molecular complexity index is 932. The van der Waals surface area contributed by atoms with Gasteiger partial charge in [-0.2, -0.15) is 13.2 Å². The molecule has 5 N–H and O–H groups in total. The largest absolute Gasteiger partial charge is 0.389 e. The third kappa shape index (κ3) is 6.28. The van der Waals surface area contributed by atoms with Gasteiger partial charge < -0.3 is 21.7 Å². The average molecular weight is 456 g/mol. The molecule has 1 aromatic carbocycles. The number of para-hydroxylation sites is 1. The van der Waals surface area contributed by atoms with Crippen LogP contribution in [-0.4, -0.2) is 49.2 Å². The van der Waals surface area contributed by atoms with Crippen LogP contribution < -0.4 is 21.7 Å². The third-order valence-corrected chi connectivity index (χ3v) is 5.09. The Morgan fingerprint density at radius 2 is 1.94 bits per heavy atom. The van der Waals surface area contributed by atoms with Crippen molar-refractivity contribution >= 4 is 35.1 Å². The zero-order chi connectivity index (χ0) is 24.1. The number of nitrogens with two attached hydrogens (primary N) is 1. The summed E-state index contributed by atoms with van der Waals surface area (Å²) in [5.74, 6) is -6.13.